The van der Waals surface area contributed by atoms with Gasteiger partial charge in [0, 0.05) is 0 Å². The summed E-state index contributed by atoms with van der Waals surface area (Å²) >= 11 is 0. The molecule has 6 nitrogen and oxygen atoms in total. The Balaban J connectivity index is 3.67. The van der Waals surface area contributed by atoms with Gasteiger partial charge in [-0.25, -0.2) is 0 Å². The molecular weight excluding hydrogens is 569 g/mol. The van der Waals surface area contributed by atoms with Gasteiger partial charge in [-0.15, -0.1) is 0 Å². The highest BCUT2D eigenvalue weighted by Gasteiger charge is 2.61. The van der Waals surface area contributed by atoms with E-state index in [2.05, 4.69) is 135 Å². The molecule has 1 fully saturated rings. The highest BCUT2D eigenvalue weighted by Crippen LogP contribution is 2.47. The molecule has 4 atom stereocenters. The number of ether oxygens (including phenoxy) is 1. The summed E-state index contributed by atoms with van der Waals surface area (Å²) in [5.41, 5.74) is 0. The van der Waals surface area contributed by atoms with Crippen LogP contribution >= 0.6 is 0 Å². The van der Waals surface area contributed by atoms with Crippen molar-refractivity contribution >= 4 is 33.3 Å². The molecule has 0 aromatic carbocycles. The van der Waals surface area contributed by atoms with Gasteiger partial charge in [0.2, 0.25) is 5.79 Å². The topological polar surface area (TPSA) is 66.4 Å². The van der Waals surface area contributed by atoms with E-state index in [1.165, 1.54) is 0 Å². The van der Waals surface area contributed by atoms with Gasteiger partial charge in [0.1, 0.15) is 18.3 Å². The van der Waals surface area contributed by atoms with E-state index in [4.69, 9.17) is 22.4 Å². The van der Waals surface area contributed by atoms with Crippen molar-refractivity contribution in [3.05, 3.63) is 0 Å². The van der Waals surface area contributed by atoms with E-state index in [0.717, 1.165) is 0 Å². The van der Waals surface area contributed by atoms with Crippen LogP contribution in [0.15, 0.2) is 0 Å². The number of hydrogen-bond donors (Lipinski definition) is 1. The summed E-state index contributed by atoms with van der Waals surface area (Å²) in [5, 5.41) is 12.4. The van der Waals surface area contributed by atoms with E-state index in [1.54, 1.807) is 0 Å². The molecule has 0 bridgehead atoms. The SMILES string of the molecule is CC(C)(C)[Si](C)(C)OCC1OC(O)(CO[Si](C)(C)C(C)(C)C)C(O[Si](C)(C)C(C)(C)C)C1O[Si](C)(C)C(C)(C)C. The summed E-state index contributed by atoms with van der Waals surface area (Å²) in [4.78, 5) is 0. The quantitative estimate of drug-likeness (QED) is 0.242. The Morgan fingerprint density at radius 1 is 0.575 bits per heavy atom. The highest BCUT2D eigenvalue weighted by atomic mass is 28.4. The predicted molar refractivity (Wildman–Crippen MR) is 180 cm³/mol. The molecule has 0 saturated carbocycles. The Hall–Kier alpha value is 0.628. The standard InChI is InChI=1S/C30H68O6Si4/c1-26(2,3)37(13,14)32-21-23-24(35-39(17,18)28(7,8)9)25(36-40(19,20)29(10,11)12)30(31,34-23)22-33-38(15,16)27(4,5)6/h23-25,31H,21-22H2,1-20H3. The van der Waals surface area contributed by atoms with E-state index >= 15 is 0 Å². The first-order chi connectivity index (χ1) is 17.2. The first-order valence-electron chi connectivity index (χ1n) is 15.2. The van der Waals surface area contributed by atoms with Crippen molar-refractivity contribution in [3.8, 4) is 0 Å². The van der Waals surface area contributed by atoms with Crippen LogP contribution in [0.3, 0.4) is 0 Å². The fourth-order valence-corrected chi connectivity index (χ4v) is 8.04. The lowest BCUT2D eigenvalue weighted by molar-refractivity contribution is -0.242. The van der Waals surface area contributed by atoms with Crippen molar-refractivity contribution in [1.82, 2.24) is 0 Å². The average Bonchev–Trinajstić information content (AvgIpc) is 2.93. The molecule has 1 saturated heterocycles. The van der Waals surface area contributed by atoms with Crippen molar-refractivity contribution in [3.63, 3.8) is 0 Å². The maximum absolute atomic E-state index is 12.4. The van der Waals surface area contributed by atoms with Crippen LogP contribution in [0.1, 0.15) is 83.1 Å². The van der Waals surface area contributed by atoms with Crippen molar-refractivity contribution in [1.29, 1.82) is 0 Å². The summed E-state index contributed by atoms with van der Waals surface area (Å²) < 4.78 is 34.2. The maximum atomic E-state index is 12.4. The molecule has 0 radical (unpaired) electrons. The second kappa shape index (κ2) is 11.9. The fraction of sp³-hybridized carbons (Fsp3) is 1.00. The van der Waals surface area contributed by atoms with E-state index in [0.29, 0.717) is 6.61 Å². The first-order valence-corrected chi connectivity index (χ1v) is 26.9. The number of hydrogen-bond acceptors (Lipinski definition) is 6. The largest absolute Gasteiger partial charge is 0.414 e. The Labute approximate surface area is 253 Å². The van der Waals surface area contributed by atoms with Crippen LogP contribution in [0.2, 0.25) is 72.5 Å². The predicted octanol–water partition coefficient (Wildman–Crippen LogP) is 8.90. The Morgan fingerprint density at radius 3 is 1.30 bits per heavy atom. The van der Waals surface area contributed by atoms with Crippen LogP contribution in [0, 0.1) is 0 Å². The van der Waals surface area contributed by atoms with Crippen LogP contribution < -0.4 is 0 Å². The van der Waals surface area contributed by atoms with Crippen molar-refractivity contribution in [2.24, 2.45) is 0 Å². The van der Waals surface area contributed by atoms with Crippen molar-refractivity contribution in [2.45, 2.75) is 180 Å². The van der Waals surface area contributed by atoms with E-state index < -0.39 is 57.4 Å². The first kappa shape index (κ1) is 38.7. The van der Waals surface area contributed by atoms with Gasteiger partial charge in [-0.3, -0.25) is 0 Å². The lowest BCUT2D eigenvalue weighted by Crippen LogP contribution is -2.59. The van der Waals surface area contributed by atoms with Crippen molar-refractivity contribution in [2.75, 3.05) is 13.2 Å². The van der Waals surface area contributed by atoms with Gasteiger partial charge >= 0.3 is 0 Å². The van der Waals surface area contributed by atoms with E-state index in [1.807, 2.05) is 0 Å². The van der Waals surface area contributed by atoms with Gasteiger partial charge in [-0.1, -0.05) is 83.1 Å². The Morgan fingerprint density at radius 2 is 0.925 bits per heavy atom. The van der Waals surface area contributed by atoms with Gasteiger partial charge < -0.3 is 27.5 Å². The zero-order chi connectivity index (χ0) is 32.2. The third-order valence-electron chi connectivity index (χ3n) is 10.8. The smallest absolute Gasteiger partial charge is 0.217 e. The molecule has 0 aromatic heterocycles. The summed E-state index contributed by atoms with van der Waals surface area (Å²) in [6.07, 6.45) is -1.61. The molecular formula is C30H68O6Si4. The molecule has 40 heavy (non-hydrogen) atoms. The zero-order valence-corrected chi connectivity index (χ0v) is 34.1. The van der Waals surface area contributed by atoms with Crippen LogP contribution in [-0.4, -0.2) is 75.7 Å². The lowest BCUT2D eigenvalue weighted by atomic mass is 10.1. The molecule has 1 heterocycles. The second-order valence-electron chi connectivity index (χ2n) is 18.3. The molecule has 10 heteroatoms. The van der Waals surface area contributed by atoms with Gasteiger partial charge in [-0.2, -0.15) is 0 Å². The molecule has 1 N–H and O–H groups in total. The average molecular weight is 637 g/mol. The second-order valence-corrected chi connectivity index (χ2v) is 37.4. The summed E-state index contributed by atoms with van der Waals surface area (Å²) in [5.74, 6) is -1.64. The Kier molecular flexibility index (Phi) is 11.5. The summed E-state index contributed by atoms with van der Waals surface area (Å²) in [6.45, 7) is 45.0. The van der Waals surface area contributed by atoms with Crippen molar-refractivity contribution < 1.29 is 27.5 Å². The van der Waals surface area contributed by atoms with Crippen LogP contribution in [-0.2, 0) is 22.4 Å². The summed E-state index contributed by atoms with van der Waals surface area (Å²) in [7, 11) is -8.86. The van der Waals surface area contributed by atoms with Crippen LogP contribution in [0.5, 0.6) is 0 Å². The van der Waals surface area contributed by atoms with Gasteiger partial charge in [0.15, 0.2) is 33.3 Å². The normalized spacial score (nSPS) is 26.5. The minimum absolute atomic E-state index is 0.000362. The minimum atomic E-state index is -2.33. The fourth-order valence-electron chi connectivity index (χ4n) is 3.41. The van der Waals surface area contributed by atoms with Gasteiger partial charge in [0.05, 0.1) is 13.2 Å². The molecule has 0 spiro atoms. The van der Waals surface area contributed by atoms with Gasteiger partial charge in [-0.05, 0) is 72.5 Å². The number of aliphatic hydroxyl groups is 1. The monoisotopic (exact) mass is 636 g/mol. The molecule has 0 aromatic rings. The van der Waals surface area contributed by atoms with E-state index in [-0.39, 0.29) is 26.8 Å². The van der Waals surface area contributed by atoms with Gasteiger partial charge in [0.25, 0.3) is 0 Å². The lowest BCUT2D eigenvalue weighted by Gasteiger charge is -2.46. The number of rotatable bonds is 10. The molecule has 4 unspecified atom stereocenters. The summed E-state index contributed by atoms with van der Waals surface area (Å²) in [6, 6.07) is 0. The third-order valence-corrected chi connectivity index (χ3v) is 28.7. The van der Waals surface area contributed by atoms with Crippen LogP contribution in [0.4, 0.5) is 0 Å². The zero-order valence-electron chi connectivity index (χ0n) is 30.1. The molecule has 1 aliphatic rings. The molecule has 240 valence electrons. The Bertz CT molecular complexity index is 846. The molecule has 0 amide bonds. The van der Waals surface area contributed by atoms with E-state index in [9.17, 15) is 5.11 Å². The molecule has 1 aliphatic heterocycles. The maximum Gasteiger partial charge on any atom is 0.217 e. The third kappa shape index (κ3) is 8.85. The molecule has 0 aliphatic carbocycles. The molecule has 1 rings (SSSR count). The highest BCUT2D eigenvalue weighted by molar-refractivity contribution is 6.75. The minimum Gasteiger partial charge on any atom is -0.414 e. The van der Waals surface area contributed by atoms with Crippen LogP contribution in [0.25, 0.3) is 0 Å².